The number of rotatable bonds is 2. The van der Waals surface area contributed by atoms with Gasteiger partial charge in [-0.1, -0.05) is 0 Å². The molecule has 2 N–H and O–H groups in total. The Bertz CT molecular complexity index is 521. The van der Waals surface area contributed by atoms with Crippen LogP contribution >= 0.6 is 11.3 Å². The molecule has 1 aliphatic heterocycles. The molecule has 1 aliphatic rings. The minimum Gasteiger partial charge on any atom is -0.399 e. The molecule has 4 nitrogen and oxygen atoms in total. The van der Waals surface area contributed by atoms with Crippen LogP contribution in [-0.4, -0.2) is 31.3 Å². The third kappa shape index (κ3) is 2.32. The van der Waals surface area contributed by atoms with Gasteiger partial charge in [0, 0.05) is 41.6 Å². The molecule has 2 heterocycles. The van der Waals surface area contributed by atoms with Crippen molar-refractivity contribution in [2.75, 3.05) is 36.9 Å². The van der Waals surface area contributed by atoms with Crippen molar-refractivity contribution in [2.45, 2.75) is 0 Å². The fourth-order valence-electron chi connectivity index (χ4n) is 2.13. The summed E-state index contributed by atoms with van der Waals surface area (Å²) in [7, 11) is 0. The lowest BCUT2D eigenvalue weighted by Gasteiger charge is -2.29. The van der Waals surface area contributed by atoms with E-state index in [9.17, 15) is 0 Å². The van der Waals surface area contributed by atoms with E-state index in [1.165, 1.54) is 0 Å². The molecule has 0 atom stereocenters. The van der Waals surface area contributed by atoms with Crippen molar-refractivity contribution in [3.63, 3.8) is 0 Å². The van der Waals surface area contributed by atoms with E-state index >= 15 is 0 Å². The van der Waals surface area contributed by atoms with E-state index in [2.05, 4.69) is 16.0 Å². The molecule has 0 radical (unpaired) electrons. The monoisotopic (exact) mass is 261 g/mol. The van der Waals surface area contributed by atoms with Crippen LogP contribution in [0.1, 0.15) is 0 Å². The second kappa shape index (κ2) is 4.96. The van der Waals surface area contributed by atoms with Crippen molar-refractivity contribution in [3.05, 3.63) is 29.8 Å². The third-order valence-electron chi connectivity index (χ3n) is 3.00. The number of aromatic nitrogens is 1. The molecule has 1 saturated heterocycles. The molecule has 1 fully saturated rings. The number of ether oxygens (including phenoxy) is 1. The van der Waals surface area contributed by atoms with E-state index in [4.69, 9.17) is 10.5 Å². The highest BCUT2D eigenvalue weighted by molar-refractivity contribution is 7.13. The molecule has 18 heavy (non-hydrogen) atoms. The van der Waals surface area contributed by atoms with Gasteiger partial charge in [-0.15, -0.1) is 11.3 Å². The summed E-state index contributed by atoms with van der Waals surface area (Å²) in [5.74, 6) is 0. The Hall–Kier alpha value is -1.59. The van der Waals surface area contributed by atoms with Crippen molar-refractivity contribution < 1.29 is 4.74 Å². The lowest BCUT2D eigenvalue weighted by Crippen LogP contribution is -2.36. The zero-order valence-corrected chi connectivity index (χ0v) is 10.8. The molecule has 5 heteroatoms. The smallest absolute Gasteiger partial charge is 0.123 e. The highest BCUT2D eigenvalue weighted by Crippen LogP contribution is 2.29. The molecule has 0 spiro atoms. The summed E-state index contributed by atoms with van der Waals surface area (Å²) in [5, 5.41) is 2.99. The molecule has 0 bridgehead atoms. The zero-order valence-electron chi connectivity index (χ0n) is 10.0. The average molecular weight is 261 g/mol. The number of anilines is 2. The van der Waals surface area contributed by atoms with Crippen molar-refractivity contribution in [1.82, 2.24) is 4.98 Å². The van der Waals surface area contributed by atoms with Gasteiger partial charge < -0.3 is 15.4 Å². The molecule has 0 unspecified atom stereocenters. The first-order valence-corrected chi connectivity index (χ1v) is 6.84. The summed E-state index contributed by atoms with van der Waals surface area (Å²) in [6, 6.07) is 6.14. The van der Waals surface area contributed by atoms with Crippen LogP contribution in [0.25, 0.3) is 10.6 Å². The minimum absolute atomic E-state index is 0.779. The summed E-state index contributed by atoms with van der Waals surface area (Å²) in [5.41, 5.74) is 9.02. The standard InChI is InChI=1S/C13H15N3OS/c14-11-7-10(13-15-1-6-18-13)8-12(9-11)16-2-4-17-5-3-16/h1,6-9H,2-5,14H2. The van der Waals surface area contributed by atoms with Gasteiger partial charge >= 0.3 is 0 Å². The van der Waals surface area contributed by atoms with E-state index in [0.717, 1.165) is 48.2 Å². The summed E-state index contributed by atoms with van der Waals surface area (Å²) >= 11 is 1.63. The van der Waals surface area contributed by atoms with Crippen molar-refractivity contribution in [1.29, 1.82) is 0 Å². The number of thiazole rings is 1. The van der Waals surface area contributed by atoms with E-state index in [0.29, 0.717) is 0 Å². The molecule has 3 rings (SSSR count). The molecule has 1 aromatic heterocycles. The maximum Gasteiger partial charge on any atom is 0.123 e. The minimum atomic E-state index is 0.779. The second-order valence-corrected chi connectivity index (χ2v) is 5.14. The van der Waals surface area contributed by atoms with E-state index in [1.807, 2.05) is 23.7 Å². The summed E-state index contributed by atoms with van der Waals surface area (Å²) in [6.07, 6.45) is 1.82. The molecule has 94 valence electrons. The van der Waals surface area contributed by atoms with E-state index in [-0.39, 0.29) is 0 Å². The Morgan fingerprint density at radius 3 is 2.78 bits per heavy atom. The predicted octanol–water partition coefficient (Wildman–Crippen LogP) is 2.23. The predicted molar refractivity (Wildman–Crippen MR) is 75.0 cm³/mol. The van der Waals surface area contributed by atoms with Crippen molar-refractivity contribution >= 4 is 22.7 Å². The average Bonchev–Trinajstić information content (AvgIpc) is 2.93. The maximum atomic E-state index is 5.99. The van der Waals surface area contributed by atoms with Gasteiger partial charge in [-0.25, -0.2) is 4.98 Å². The topological polar surface area (TPSA) is 51.4 Å². The van der Waals surface area contributed by atoms with Gasteiger partial charge in [-0.2, -0.15) is 0 Å². The second-order valence-electron chi connectivity index (χ2n) is 4.25. The van der Waals surface area contributed by atoms with E-state index in [1.54, 1.807) is 11.3 Å². The zero-order chi connectivity index (χ0) is 12.4. The summed E-state index contributed by atoms with van der Waals surface area (Å²) < 4.78 is 5.37. The Morgan fingerprint density at radius 2 is 2.06 bits per heavy atom. The normalized spacial score (nSPS) is 15.9. The molecule has 0 amide bonds. The van der Waals surface area contributed by atoms with Gasteiger partial charge in [-0.3, -0.25) is 0 Å². The maximum absolute atomic E-state index is 5.99. The lowest BCUT2D eigenvalue weighted by atomic mass is 10.1. The van der Waals surface area contributed by atoms with Crippen LogP contribution in [0.2, 0.25) is 0 Å². The Labute approximate surface area is 110 Å². The van der Waals surface area contributed by atoms with E-state index < -0.39 is 0 Å². The molecule has 0 aliphatic carbocycles. The first-order valence-electron chi connectivity index (χ1n) is 5.96. The van der Waals surface area contributed by atoms with Crippen LogP contribution in [0, 0.1) is 0 Å². The number of hydrogen-bond acceptors (Lipinski definition) is 5. The molecule has 0 saturated carbocycles. The van der Waals surface area contributed by atoms with Gasteiger partial charge in [0.15, 0.2) is 0 Å². The van der Waals surface area contributed by atoms with Gasteiger partial charge in [-0.05, 0) is 18.2 Å². The number of hydrogen-bond donors (Lipinski definition) is 1. The molecule has 2 aromatic rings. The Balaban J connectivity index is 1.95. The number of nitrogens with two attached hydrogens (primary N) is 1. The van der Waals surface area contributed by atoms with Crippen molar-refractivity contribution in [3.8, 4) is 10.6 Å². The summed E-state index contributed by atoms with van der Waals surface area (Å²) in [6.45, 7) is 3.39. The summed E-state index contributed by atoms with van der Waals surface area (Å²) in [4.78, 5) is 6.64. The van der Waals surface area contributed by atoms with Crippen molar-refractivity contribution in [2.24, 2.45) is 0 Å². The number of nitrogens with zero attached hydrogens (tertiary/aromatic N) is 2. The lowest BCUT2D eigenvalue weighted by molar-refractivity contribution is 0.122. The van der Waals surface area contributed by atoms with Crippen LogP contribution in [0.5, 0.6) is 0 Å². The molecule has 1 aromatic carbocycles. The van der Waals surface area contributed by atoms with Crippen LogP contribution < -0.4 is 10.6 Å². The Kier molecular flexibility index (Phi) is 3.17. The highest BCUT2D eigenvalue weighted by atomic mass is 32.1. The largest absolute Gasteiger partial charge is 0.399 e. The number of morpholine rings is 1. The van der Waals surface area contributed by atoms with Gasteiger partial charge in [0.2, 0.25) is 0 Å². The van der Waals surface area contributed by atoms with Crippen LogP contribution in [-0.2, 0) is 4.74 Å². The first kappa shape index (κ1) is 11.5. The van der Waals surface area contributed by atoms with Gasteiger partial charge in [0.25, 0.3) is 0 Å². The SMILES string of the molecule is Nc1cc(-c2nccs2)cc(N2CCOCC2)c1. The fraction of sp³-hybridized carbons (Fsp3) is 0.308. The van der Waals surface area contributed by atoms with Gasteiger partial charge in [0.05, 0.1) is 13.2 Å². The number of nitrogen functional groups attached to an aromatic ring is 1. The van der Waals surface area contributed by atoms with Gasteiger partial charge in [0.1, 0.15) is 5.01 Å². The Morgan fingerprint density at radius 1 is 1.22 bits per heavy atom. The van der Waals surface area contributed by atoms with Crippen LogP contribution in [0.15, 0.2) is 29.8 Å². The molecular weight excluding hydrogens is 246 g/mol. The first-order chi connectivity index (χ1) is 8.83. The van der Waals surface area contributed by atoms with Crippen LogP contribution in [0.3, 0.4) is 0 Å². The third-order valence-corrected chi connectivity index (χ3v) is 3.82. The van der Waals surface area contributed by atoms with Crippen LogP contribution in [0.4, 0.5) is 11.4 Å². The highest BCUT2D eigenvalue weighted by Gasteiger charge is 2.13. The molecular formula is C13H15N3OS. The fourth-order valence-corrected chi connectivity index (χ4v) is 2.75. The number of benzene rings is 1. The quantitative estimate of drug-likeness (QED) is 0.842.